The summed E-state index contributed by atoms with van der Waals surface area (Å²) in [6.45, 7) is 4.25. The molecule has 0 saturated carbocycles. The van der Waals surface area contributed by atoms with Crippen LogP contribution in [-0.2, 0) is 6.54 Å². The predicted octanol–water partition coefficient (Wildman–Crippen LogP) is 3.49. The van der Waals surface area contributed by atoms with Gasteiger partial charge in [0.15, 0.2) is 0 Å². The number of anilines is 1. The van der Waals surface area contributed by atoms with E-state index in [0.717, 1.165) is 48.7 Å². The van der Waals surface area contributed by atoms with E-state index in [0.29, 0.717) is 12.1 Å². The molecule has 2 aromatic heterocycles. The third-order valence-corrected chi connectivity index (χ3v) is 5.34. The van der Waals surface area contributed by atoms with Gasteiger partial charge in [0.25, 0.3) is 5.91 Å². The monoisotopic (exact) mass is 387 g/mol. The van der Waals surface area contributed by atoms with Gasteiger partial charge in [-0.3, -0.25) is 9.78 Å². The molecule has 3 heterocycles. The average molecular weight is 387 g/mol. The van der Waals surface area contributed by atoms with Gasteiger partial charge in [-0.15, -0.1) is 0 Å². The second kappa shape index (κ2) is 8.82. The zero-order valence-electron chi connectivity index (χ0n) is 16.6. The number of rotatable bonds is 5. The van der Waals surface area contributed by atoms with Crippen LogP contribution in [0.25, 0.3) is 0 Å². The van der Waals surface area contributed by atoms with Gasteiger partial charge in [-0.05, 0) is 37.5 Å². The first-order chi connectivity index (χ1) is 14.2. The smallest absolute Gasteiger partial charge is 0.254 e. The third-order valence-electron chi connectivity index (χ3n) is 5.34. The first-order valence-corrected chi connectivity index (χ1v) is 10.0. The Morgan fingerprint density at radius 3 is 2.79 bits per heavy atom. The molecular formula is C23H25N5O. The molecule has 0 aliphatic carbocycles. The van der Waals surface area contributed by atoms with Crippen LogP contribution < -0.4 is 10.2 Å². The van der Waals surface area contributed by atoms with E-state index in [1.807, 2.05) is 49.5 Å². The fourth-order valence-electron chi connectivity index (χ4n) is 3.74. The molecule has 4 rings (SSSR count). The number of benzene rings is 1. The molecule has 0 spiro atoms. The van der Waals surface area contributed by atoms with Gasteiger partial charge in [0.1, 0.15) is 5.82 Å². The van der Waals surface area contributed by atoms with E-state index in [1.165, 1.54) is 0 Å². The van der Waals surface area contributed by atoms with Crippen LogP contribution in [0.5, 0.6) is 0 Å². The normalized spacial score (nSPS) is 16.4. The van der Waals surface area contributed by atoms with Crippen molar-refractivity contribution in [3.05, 3.63) is 83.7 Å². The molecule has 6 nitrogen and oxygen atoms in total. The summed E-state index contributed by atoms with van der Waals surface area (Å²) in [5.41, 5.74) is 3.45. The fourth-order valence-corrected chi connectivity index (χ4v) is 3.74. The van der Waals surface area contributed by atoms with Crippen molar-refractivity contribution in [1.29, 1.82) is 0 Å². The summed E-state index contributed by atoms with van der Waals surface area (Å²) < 4.78 is 0. The van der Waals surface area contributed by atoms with Crippen molar-refractivity contribution in [2.75, 3.05) is 18.0 Å². The number of nitrogens with zero attached hydrogens (tertiary/aromatic N) is 4. The van der Waals surface area contributed by atoms with Crippen LogP contribution in [0.1, 0.15) is 46.2 Å². The number of carbonyl (C=O) groups is 1. The molecule has 1 aromatic carbocycles. The number of hydrogen-bond acceptors (Lipinski definition) is 5. The lowest BCUT2D eigenvalue weighted by Crippen LogP contribution is -2.35. The summed E-state index contributed by atoms with van der Waals surface area (Å²) in [4.78, 5) is 28.4. The zero-order chi connectivity index (χ0) is 20.1. The van der Waals surface area contributed by atoms with Gasteiger partial charge >= 0.3 is 0 Å². The largest absolute Gasteiger partial charge is 0.370 e. The first kappa shape index (κ1) is 19.1. The minimum atomic E-state index is -0.140. The van der Waals surface area contributed by atoms with Crippen molar-refractivity contribution in [3.63, 3.8) is 0 Å². The van der Waals surface area contributed by atoms with Gasteiger partial charge in [0.2, 0.25) is 0 Å². The zero-order valence-corrected chi connectivity index (χ0v) is 16.6. The van der Waals surface area contributed by atoms with Crippen molar-refractivity contribution >= 4 is 11.6 Å². The highest BCUT2D eigenvalue weighted by molar-refractivity contribution is 5.94. The van der Waals surface area contributed by atoms with Gasteiger partial charge in [0, 0.05) is 37.9 Å². The number of carbonyl (C=O) groups excluding carboxylic acids is 1. The van der Waals surface area contributed by atoms with Crippen LogP contribution in [0.3, 0.4) is 0 Å². The lowest BCUT2D eigenvalue weighted by atomic mass is 9.96. The Kier molecular flexibility index (Phi) is 5.79. The molecule has 148 valence electrons. The Morgan fingerprint density at radius 1 is 1.17 bits per heavy atom. The molecule has 1 N–H and O–H groups in total. The minimum absolute atomic E-state index is 0.140. The van der Waals surface area contributed by atoms with Crippen molar-refractivity contribution in [2.45, 2.75) is 32.2 Å². The maximum Gasteiger partial charge on any atom is 0.254 e. The Hall–Kier alpha value is -3.28. The maximum absolute atomic E-state index is 12.6. The Balaban J connectivity index is 1.43. The molecule has 1 saturated heterocycles. The van der Waals surface area contributed by atoms with Gasteiger partial charge in [-0.25, -0.2) is 9.97 Å². The summed E-state index contributed by atoms with van der Waals surface area (Å²) in [6.07, 6.45) is 7.49. The molecule has 29 heavy (non-hydrogen) atoms. The quantitative estimate of drug-likeness (QED) is 0.726. The van der Waals surface area contributed by atoms with Crippen LogP contribution >= 0.6 is 0 Å². The molecule has 3 aromatic rings. The van der Waals surface area contributed by atoms with E-state index in [9.17, 15) is 4.79 Å². The first-order valence-electron chi connectivity index (χ1n) is 10.0. The van der Waals surface area contributed by atoms with Gasteiger partial charge < -0.3 is 10.2 Å². The SMILES string of the molecule is Cc1nc([C@H]2CCCN(c3cccnc3)C2)ncc1C(=O)NCc1ccccc1. The lowest BCUT2D eigenvalue weighted by Gasteiger charge is -2.33. The van der Waals surface area contributed by atoms with Crippen molar-refractivity contribution in [1.82, 2.24) is 20.3 Å². The average Bonchev–Trinajstić information content (AvgIpc) is 2.79. The Bertz CT molecular complexity index is 962. The molecule has 1 fully saturated rings. The fraction of sp³-hybridized carbons (Fsp3) is 0.304. The van der Waals surface area contributed by atoms with Gasteiger partial charge in [-0.1, -0.05) is 30.3 Å². The minimum Gasteiger partial charge on any atom is -0.370 e. The number of aryl methyl sites for hydroxylation is 1. The van der Waals surface area contributed by atoms with Crippen LogP contribution in [0.15, 0.2) is 61.1 Å². The third kappa shape index (κ3) is 4.59. The lowest BCUT2D eigenvalue weighted by molar-refractivity contribution is 0.0949. The predicted molar refractivity (Wildman–Crippen MR) is 113 cm³/mol. The number of aromatic nitrogens is 3. The van der Waals surface area contributed by atoms with Crippen LogP contribution in [0, 0.1) is 6.92 Å². The summed E-state index contributed by atoms with van der Waals surface area (Å²) in [5.74, 6) is 0.929. The maximum atomic E-state index is 12.6. The second-order valence-electron chi connectivity index (χ2n) is 7.39. The molecule has 6 heteroatoms. The van der Waals surface area contributed by atoms with Crippen molar-refractivity contribution < 1.29 is 4.79 Å². The highest BCUT2D eigenvalue weighted by Gasteiger charge is 2.24. The number of amides is 1. The molecule has 0 radical (unpaired) electrons. The standard InChI is InChI=1S/C23H25N5O/c1-17-21(23(29)26-13-18-7-3-2-4-8-18)15-25-22(27-17)19-9-6-12-28(16-19)20-10-5-11-24-14-20/h2-5,7-8,10-11,14-15,19H,6,9,12-13,16H2,1H3,(H,26,29)/t19-/m0/s1. The summed E-state index contributed by atoms with van der Waals surface area (Å²) in [7, 11) is 0. The van der Waals surface area contributed by atoms with E-state index >= 15 is 0 Å². The molecule has 1 aliphatic rings. The second-order valence-corrected chi connectivity index (χ2v) is 7.39. The number of nitrogens with one attached hydrogen (secondary N) is 1. The van der Waals surface area contributed by atoms with E-state index in [4.69, 9.17) is 0 Å². The summed E-state index contributed by atoms with van der Waals surface area (Å²) in [6, 6.07) is 13.9. The van der Waals surface area contributed by atoms with Gasteiger partial charge in [-0.2, -0.15) is 0 Å². The highest BCUT2D eigenvalue weighted by Crippen LogP contribution is 2.28. The van der Waals surface area contributed by atoms with Crippen LogP contribution in [0.4, 0.5) is 5.69 Å². The number of piperidine rings is 1. The summed E-state index contributed by atoms with van der Waals surface area (Å²) >= 11 is 0. The molecule has 1 amide bonds. The van der Waals surface area contributed by atoms with E-state index in [-0.39, 0.29) is 11.8 Å². The molecule has 0 unspecified atom stereocenters. The molecule has 1 aliphatic heterocycles. The highest BCUT2D eigenvalue weighted by atomic mass is 16.1. The van der Waals surface area contributed by atoms with E-state index in [2.05, 4.69) is 31.2 Å². The van der Waals surface area contributed by atoms with Crippen LogP contribution in [-0.4, -0.2) is 33.9 Å². The Morgan fingerprint density at radius 2 is 2.03 bits per heavy atom. The molecular weight excluding hydrogens is 362 g/mol. The van der Waals surface area contributed by atoms with Gasteiger partial charge in [0.05, 0.1) is 23.1 Å². The Labute approximate surface area is 171 Å². The molecule has 0 bridgehead atoms. The molecule has 1 atom stereocenters. The van der Waals surface area contributed by atoms with E-state index in [1.54, 1.807) is 12.4 Å². The number of pyridine rings is 1. The summed E-state index contributed by atoms with van der Waals surface area (Å²) in [5, 5.41) is 2.95. The number of hydrogen-bond donors (Lipinski definition) is 1. The van der Waals surface area contributed by atoms with Crippen LogP contribution in [0.2, 0.25) is 0 Å². The van der Waals surface area contributed by atoms with Crippen molar-refractivity contribution in [3.8, 4) is 0 Å². The van der Waals surface area contributed by atoms with Crippen molar-refractivity contribution in [2.24, 2.45) is 0 Å². The van der Waals surface area contributed by atoms with E-state index < -0.39 is 0 Å². The topological polar surface area (TPSA) is 71.0 Å².